The molecule has 1 N–H and O–H groups in total. The zero-order valence-corrected chi connectivity index (χ0v) is 11.3. The first kappa shape index (κ1) is 11.7. The van der Waals surface area contributed by atoms with Crippen LogP contribution >= 0.6 is 0 Å². The standard InChI is InChI=1S/C16H17N3O/c20-14-7-9-19(11-4-2-1-3-5-11)15-12-6-8-17-16(12)18-10-13(14)15/h6-11H,1-5H2,(H,17,18). The van der Waals surface area contributed by atoms with E-state index >= 15 is 0 Å². The van der Waals surface area contributed by atoms with Crippen molar-refractivity contribution < 1.29 is 0 Å². The van der Waals surface area contributed by atoms with Crippen molar-refractivity contribution in [3.63, 3.8) is 0 Å². The summed E-state index contributed by atoms with van der Waals surface area (Å²) < 4.78 is 2.30. The molecule has 0 unspecified atom stereocenters. The molecule has 0 radical (unpaired) electrons. The van der Waals surface area contributed by atoms with Gasteiger partial charge in [-0.2, -0.15) is 0 Å². The highest BCUT2D eigenvalue weighted by molar-refractivity contribution is 6.02. The number of nitrogens with zero attached hydrogens (tertiary/aromatic N) is 2. The van der Waals surface area contributed by atoms with Gasteiger partial charge in [-0.15, -0.1) is 0 Å². The van der Waals surface area contributed by atoms with Crippen LogP contribution < -0.4 is 5.43 Å². The van der Waals surface area contributed by atoms with Gasteiger partial charge in [-0.3, -0.25) is 4.79 Å². The molecule has 4 heteroatoms. The summed E-state index contributed by atoms with van der Waals surface area (Å²) in [6.07, 6.45) is 11.8. The first-order valence-corrected chi connectivity index (χ1v) is 7.31. The largest absolute Gasteiger partial charge is 0.346 e. The maximum absolute atomic E-state index is 12.1. The first-order chi connectivity index (χ1) is 9.84. The lowest BCUT2D eigenvalue weighted by Crippen LogP contribution is -2.16. The van der Waals surface area contributed by atoms with E-state index in [-0.39, 0.29) is 5.43 Å². The van der Waals surface area contributed by atoms with Crippen molar-refractivity contribution in [2.75, 3.05) is 0 Å². The Morgan fingerprint density at radius 1 is 1.15 bits per heavy atom. The van der Waals surface area contributed by atoms with Gasteiger partial charge in [0.2, 0.25) is 0 Å². The van der Waals surface area contributed by atoms with E-state index in [0.717, 1.165) is 21.9 Å². The predicted octanol–water partition coefficient (Wildman–Crippen LogP) is 3.38. The Labute approximate surface area is 116 Å². The maximum Gasteiger partial charge on any atom is 0.190 e. The number of pyridine rings is 2. The van der Waals surface area contributed by atoms with Crippen molar-refractivity contribution in [2.24, 2.45) is 0 Å². The minimum absolute atomic E-state index is 0.0580. The van der Waals surface area contributed by atoms with Crippen LogP contribution in [0.3, 0.4) is 0 Å². The van der Waals surface area contributed by atoms with Gasteiger partial charge in [0.1, 0.15) is 5.65 Å². The van der Waals surface area contributed by atoms with E-state index in [2.05, 4.69) is 14.5 Å². The Morgan fingerprint density at radius 3 is 2.85 bits per heavy atom. The molecule has 1 aliphatic rings. The van der Waals surface area contributed by atoms with E-state index in [0.29, 0.717) is 6.04 Å². The van der Waals surface area contributed by atoms with Gasteiger partial charge in [-0.25, -0.2) is 4.98 Å². The molecule has 1 saturated carbocycles. The molecule has 4 nitrogen and oxygen atoms in total. The second-order valence-electron chi connectivity index (χ2n) is 5.64. The van der Waals surface area contributed by atoms with E-state index in [1.807, 2.05) is 18.5 Å². The Balaban J connectivity index is 2.06. The third-order valence-electron chi connectivity index (χ3n) is 4.44. The van der Waals surface area contributed by atoms with Gasteiger partial charge in [-0.1, -0.05) is 19.3 Å². The van der Waals surface area contributed by atoms with Gasteiger partial charge in [0, 0.05) is 36.1 Å². The van der Waals surface area contributed by atoms with Crippen LogP contribution in [-0.2, 0) is 0 Å². The lowest BCUT2D eigenvalue weighted by molar-refractivity contribution is 0.360. The van der Waals surface area contributed by atoms with E-state index < -0.39 is 0 Å². The lowest BCUT2D eigenvalue weighted by Gasteiger charge is -2.26. The molecule has 4 rings (SSSR count). The maximum atomic E-state index is 12.1. The molecule has 1 aliphatic carbocycles. The van der Waals surface area contributed by atoms with Gasteiger partial charge in [0.25, 0.3) is 0 Å². The predicted molar refractivity (Wildman–Crippen MR) is 80.0 cm³/mol. The number of hydrogen-bond donors (Lipinski definition) is 1. The fourth-order valence-electron chi connectivity index (χ4n) is 3.43. The van der Waals surface area contributed by atoms with Crippen molar-refractivity contribution in [3.05, 3.63) is 40.9 Å². The molecule has 0 aromatic carbocycles. The third kappa shape index (κ3) is 1.68. The van der Waals surface area contributed by atoms with E-state index in [4.69, 9.17) is 0 Å². The van der Waals surface area contributed by atoms with Crippen molar-refractivity contribution in [1.82, 2.24) is 14.5 Å². The summed E-state index contributed by atoms with van der Waals surface area (Å²) in [6, 6.07) is 4.20. The third-order valence-corrected chi connectivity index (χ3v) is 4.44. The minimum atomic E-state index is 0.0580. The zero-order chi connectivity index (χ0) is 13.5. The number of fused-ring (bicyclic) bond motifs is 3. The smallest absolute Gasteiger partial charge is 0.190 e. The van der Waals surface area contributed by atoms with Crippen LogP contribution in [0.1, 0.15) is 38.1 Å². The van der Waals surface area contributed by atoms with Gasteiger partial charge >= 0.3 is 0 Å². The summed E-state index contributed by atoms with van der Waals surface area (Å²) in [7, 11) is 0. The Morgan fingerprint density at radius 2 is 2.00 bits per heavy atom. The van der Waals surface area contributed by atoms with Crippen LogP contribution in [0.15, 0.2) is 35.5 Å². The molecule has 0 spiro atoms. The van der Waals surface area contributed by atoms with Crippen molar-refractivity contribution in [3.8, 4) is 0 Å². The SMILES string of the molecule is O=c1ccn(C2CCCCC2)c2c1cnc1[nH]ccc12. The van der Waals surface area contributed by atoms with Crippen molar-refractivity contribution in [2.45, 2.75) is 38.1 Å². The second-order valence-corrected chi connectivity index (χ2v) is 5.64. The Bertz CT molecular complexity index is 824. The summed E-state index contributed by atoms with van der Waals surface area (Å²) in [6.45, 7) is 0. The molecule has 3 aromatic rings. The summed E-state index contributed by atoms with van der Waals surface area (Å²) in [5.74, 6) is 0. The summed E-state index contributed by atoms with van der Waals surface area (Å²) in [5.41, 5.74) is 1.95. The number of nitrogens with one attached hydrogen (secondary N) is 1. The number of aromatic nitrogens is 3. The number of aromatic amines is 1. The molecule has 0 bridgehead atoms. The summed E-state index contributed by atoms with van der Waals surface area (Å²) >= 11 is 0. The van der Waals surface area contributed by atoms with Gasteiger partial charge < -0.3 is 9.55 Å². The second kappa shape index (κ2) is 4.47. The Hall–Kier alpha value is -2.10. The Kier molecular flexibility index (Phi) is 2.62. The minimum Gasteiger partial charge on any atom is -0.346 e. The summed E-state index contributed by atoms with van der Waals surface area (Å²) in [4.78, 5) is 19.6. The number of hydrogen-bond acceptors (Lipinski definition) is 2. The van der Waals surface area contributed by atoms with Crippen LogP contribution in [0.25, 0.3) is 21.9 Å². The molecular formula is C16H17N3O. The summed E-state index contributed by atoms with van der Waals surface area (Å²) in [5, 5.41) is 1.77. The van der Waals surface area contributed by atoms with Crippen LogP contribution in [0.2, 0.25) is 0 Å². The van der Waals surface area contributed by atoms with Crippen LogP contribution in [0.5, 0.6) is 0 Å². The molecule has 3 heterocycles. The fraction of sp³-hybridized carbons (Fsp3) is 0.375. The molecule has 0 amide bonds. The zero-order valence-electron chi connectivity index (χ0n) is 11.3. The lowest BCUT2D eigenvalue weighted by atomic mass is 9.94. The highest BCUT2D eigenvalue weighted by Gasteiger charge is 2.18. The average molecular weight is 267 g/mol. The van der Waals surface area contributed by atoms with Gasteiger partial charge in [0.05, 0.1) is 10.9 Å². The number of H-pyrrole nitrogens is 1. The fourth-order valence-corrected chi connectivity index (χ4v) is 3.43. The number of rotatable bonds is 1. The monoisotopic (exact) mass is 267 g/mol. The van der Waals surface area contributed by atoms with Crippen LogP contribution in [-0.4, -0.2) is 14.5 Å². The quantitative estimate of drug-likeness (QED) is 0.734. The molecule has 3 aromatic heterocycles. The van der Waals surface area contributed by atoms with Crippen LogP contribution in [0, 0.1) is 0 Å². The molecular weight excluding hydrogens is 250 g/mol. The topological polar surface area (TPSA) is 50.7 Å². The van der Waals surface area contributed by atoms with E-state index in [9.17, 15) is 4.79 Å². The van der Waals surface area contributed by atoms with Crippen molar-refractivity contribution >= 4 is 21.9 Å². The normalized spacial score (nSPS) is 17.0. The molecule has 1 fully saturated rings. The highest BCUT2D eigenvalue weighted by Crippen LogP contribution is 2.32. The average Bonchev–Trinajstić information content (AvgIpc) is 2.97. The highest BCUT2D eigenvalue weighted by atomic mass is 16.1. The molecule has 0 atom stereocenters. The van der Waals surface area contributed by atoms with E-state index in [1.54, 1.807) is 12.3 Å². The van der Waals surface area contributed by atoms with Gasteiger partial charge in [0.15, 0.2) is 5.43 Å². The molecule has 102 valence electrons. The molecule has 0 aliphatic heterocycles. The molecule has 20 heavy (non-hydrogen) atoms. The van der Waals surface area contributed by atoms with Crippen LogP contribution in [0.4, 0.5) is 0 Å². The van der Waals surface area contributed by atoms with Crippen molar-refractivity contribution in [1.29, 1.82) is 0 Å². The molecule has 0 saturated heterocycles. The van der Waals surface area contributed by atoms with Gasteiger partial charge in [-0.05, 0) is 18.9 Å². The van der Waals surface area contributed by atoms with E-state index in [1.165, 1.54) is 32.1 Å². The first-order valence-electron chi connectivity index (χ1n) is 7.31.